The van der Waals surface area contributed by atoms with Crippen molar-refractivity contribution in [2.24, 2.45) is 5.92 Å². The Morgan fingerprint density at radius 2 is 1.68 bits per heavy atom. The van der Waals surface area contributed by atoms with Crippen molar-refractivity contribution in [2.45, 2.75) is 38.1 Å². The Hall–Kier alpha value is -3.29. The minimum atomic E-state index is -0.631. The molecule has 1 fully saturated rings. The zero-order valence-corrected chi connectivity index (χ0v) is 18.1. The van der Waals surface area contributed by atoms with Crippen molar-refractivity contribution in [3.8, 4) is 17.2 Å². The summed E-state index contributed by atoms with van der Waals surface area (Å²) in [6, 6.07) is 10.8. The standard InChI is InChI=1S/C23H28N2O6/c1-29-18-14-17(20(25(27)28)22(31-3)21(18)30-2)23(26)24-19(15-10-6-4-7-11-15)16-12-8-5-9-13-16/h4,6-7,10-11,14,16,19H,5,8-9,12-13H2,1-3H3,(H,24,26)/t19-/m1/s1. The van der Waals surface area contributed by atoms with E-state index in [9.17, 15) is 14.9 Å². The quantitative estimate of drug-likeness (QED) is 0.484. The number of hydrogen-bond donors (Lipinski definition) is 1. The molecule has 166 valence electrons. The maximum atomic E-state index is 13.4. The second kappa shape index (κ2) is 10.1. The molecule has 1 amide bonds. The fourth-order valence-electron chi connectivity index (χ4n) is 4.32. The monoisotopic (exact) mass is 428 g/mol. The van der Waals surface area contributed by atoms with Crippen LogP contribution >= 0.6 is 0 Å². The highest BCUT2D eigenvalue weighted by molar-refractivity contribution is 6.01. The summed E-state index contributed by atoms with van der Waals surface area (Å²) in [5.41, 5.74) is 0.405. The highest BCUT2D eigenvalue weighted by Crippen LogP contribution is 2.46. The number of nitrogens with one attached hydrogen (secondary N) is 1. The number of rotatable bonds is 8. The Balaban J connectivity index is 2.04. The molecule has 3 rings (SSSR count). The lowest BCUT2D eigenvalue weighted by molar-refractivity contribution is -0.386. The number of benzene rings is 2. The molecule has 2 aromatic carbocycles. The molecule has 0 heterocycles. The number of methoxy groups -OCH3 is 3. The van der Waals surface area contributed by atoms with E-state index in [2.05, 4.69) is 5.32 Å². The molecule has 0 saturated heterocycles. The summed E-state index contributed by atoms with van der Waals surface area (Å²) < 4.78 is 15.8. The molecule has 0 unspecified atom stereocenters. The summed E-state index contributed by atoms with van der Waals surface area (Å²) in [5, 5.41) is 14.9. The third-order valence-corrected chi connectivity index (χ3v) is 5.80. The fraction of sp³-hybridized carbons (Fsp3) is 0.435. The Morgan fingerprint density at radius 1 is 1.03 bits per heavy atom. The van der Waals surface area contributed by atoms with Crippen LogP contribution in [0.3, 0.4) is 0 Å². The third kappa shape index (κ3) is 4.73. The van der Waals surface area contributed by atoms with Gasteiger partial charge in [-0.05, 0) is 24.3 Å². The molecule has 8 heteroatoms. The zero-order valence-electron chi connectivity index (χ0n) is 18.1. The summed E-state index contributed by atoms with van der Waals surface area (Å²) >= 11 is 0. The number of carbonyl (C=O) groups excluding carboxylic acids is 1. The van der Waals surface area contributed by atoms with Crippen LogP contribution in [0.4, 0.5) is 5.69 Å². The van der Waals surface area contributed by atoms with Crippen LogP contribution in [0.25, 0.3) is 0 Å². The van der Waals surface area contributed by atoms with E-state index in [4.69, 9.17) is 14.2 Å². The largest absolute Gasteiger partial charge is 0.493 e. The van der Waals surface area contributed by atoms with Gasteiger partial charge in [0, 0.05) is 6.07 Å². The SMILES string of the molecule is COc1cc(C(=O)N[C@H](c2ccccc2)C2CCCCC2)c([N+](=O)[O-])c(OC)c1OC. The van der Waals surface area contributed by atoms with Crippen LogP contribution in [0.2, 0.25) is 0 Å². The fourth-order valence-corrected chi connectivity index (χ4v) is 4.32. The van der Waals surface area contributed by atoms with Crippen molar-refractivity contribution >= 4 is 11.6 Å². The predicted molar refractivity (Wildman–Crippen MR) is 116 cm³/mol. The highest BCUT2D eigenvalue weighted by atomic mass is 16.6. The lowest BCUT2D eigenvalue weighted by atomic mass is 9.81. The molecular formula is C23H28N2O6. The summed E-state index contributed by atoms with van der Waals surface area (Å²) in [6.45, 7) is 0. The van der Waals surface area contributed by atoms with E-state index < -0.39 is 16.5 Å². The summed E-state index contributed by atoms with van der Waals surface area (Å²) in [6.07, 6.45) is 5.39. The lowest BCUT2D eigenvalue weighted by Crippen LogP contribution is -2.34. The normalized spacial score (nSPS) is 15.1. The van der Waals surface area contributed by atoms with Gasteiger partial charge in [-0.15, -0.1) is 0 Å². The van der Waals surface area contributed by atoms with E-state index in [1.165, 1.54) is 33.8 Å². The number of nitro groups is 1. The van der Waals surface area contributed by atoms with E-state index in [-0.39, 0.29) is 34.8 Å². The smallest absolute Gasteiger partial charge is 0.327 e. The third-order valence-electron chi connectivity index (χ3n) is 5.80. The van der Waals surface area contributed by atoms with E-state index in [1.807, 2.05) is 30.3 Å². The van der Waals surface area contributed by atoms with Crippen molar-refractivity contribution in [2.75, 3.05) is 21.3 Å². The Labute approximate surface area is 181 Å². The number of amides is 1. The van der Waals surface area contributed by atoms with Gasteiger partial charge in [0.1, 0.15) is 5.56 Å². The topological polar surface area (TPSA) is 99.9 Å². The van der Waals surface area contributed by atoms with Crippen LogP contribution < -0.4 is 19.5 Å². The number of ether oxygens (including phenoxy) is 3. The van der Waals surface area contributed by atoms with E-state index in [0.29, 0.717) is 0 Å². The number of carbonyl (C=O) groups is 1. The summed E-state index contributed by atoms with van der Waals surface area (Å²) in [7, 11) is 4.05. The Kier molecular flexibility index (Phi) is 7.33. The van der Waals surface area contributed by atoms with Gasteiger partial charge in [0.15, 0.2) is 5.75 Å². The average molecular weight is 428 g/mol. The zero-order chi connectivity index (χ0) is 22.4. The molecule has 31 heavy (non-hydrogen) atoms. The minimum Gasteiger partial charge on any atom is -0.493 e. The van der Waals surface area contributed by atoms with E-state index in [0.717, 1.165) is 31.2 Å². The van der Waals surface area contributed by atoms with Crippen LogP contribution in [-0.4, -0.2) is 32.2 Å². The minimum absolute atomic E-state index is 0.0696. The first-order valence-corrected chi connectivity index (χ1v) is 10.3. The van der Waals surface area contributed by atoms with Crippen molar-refractivity contribution in [1.82, 2.24) is 5.32 Å². The molecular weight excluding hydrogens is 400 g/mol. The van der Waals surface area contributed by atoms with Gasteiger partial charge in [-0.3, -0.25) is 14.9 Å². The molecule has 1 aliphatic rings. The van der Waals surface area contributed by atoms with E-state index >= 15 is 0 Å². The Morgan fingerprint density at radius 3 is 2.23 bits per heavy atom. The van der Waals surface area contributed by atoms with Gasteiger partial charge in [-0.2, -0.15) is 0 Å². The van der Waals surface area contributed by atoms with Gasteiger partial charge in [-0.25, -0.2) is 0 Å². The molecule has 2 aromatic rings. The molecule has 1 saturated carbocycles. The van der Waals surface area contributed by atoms with Crippen molar-refractivity contribution < 1.29 is 23.9 Å². The molecule has 0 aliphatic heterocycles. The maximum absolute atomic E-state index is 13.4. The molecule has 1 aliphatic carbocycles. The predicted octanol–water partition coefficient (Wildman–Crippen LogP) is 4.67. The van der Waals surface area contributed by atoms with Gasteiger partial charge in [0.05, 0.1) is 32.3 Å². The second-order valence-corrected chi connectivity index (χ2v) is 7.56. The van der Waals surface area contributed by atoms with E-state index in [1.54, 1.807) is 0 Å². The van der Waals surface area contributed by atoms with Gasteiger partial charge < -0.3 is 19.5 Å². The second-order valence-electron chi connectivity index (χ2n) is 7.56. The number of hydrogen-bond acceptors (Lipinski definition) is 6. The van der Waals surface area contributed by atoms with Gasteiger partial charge in [0.2, 0.25) is 11.5 Å². The van der Waals surface area contributed by atoms with Crippen LogP contribution in [0, 0.1) is 16.0 Å². The number of nitrogens with zero attached hydrogens (tertiary/aromatic N) is 1. The molecule has 8 nitrogen and oxygen atoms in total. The van der Waals surface area contributed by atoms with Gasteiger partial charge >= 0.3 is 5.69 Å². The molecule has 0 spiro atoms. The van der Waals surface area contributed by atoms with Gasteiger partial charge in [-0.1, -0.05) is 49.6 Å². The highest BCUT2D eigenvalue weighted by Gasteiger charge is 2.34. The first-order valence-electron chi connectivity index (χ1n) is 10.3. The average Bonchev–Trinajstić information content (AvgIpc) is 2.81. The van der Waals surface area contributed by atoms with Crippen LogP contribution in [0.1, 0.15) is 54.1 Å². The summed E-state index contributed by atoms with van der Waals surface area (Å²) in [5.74, 6) is -0.179. The molecule has 1 atom stereocenters. The van der Waals surface area contributed by atoms with Crippen molar-refractivity contribution in [3.05, 3.63) is 57.6 Å². The van der Waals surface area contributed by atoms with Crippen LogP contribution in [0.15, 0.2) is 36.4 Å². The summed E-state index contributed by atoms with van der Waals surface area (Å²) in [4.78, 5) is 24.6. The molecule has 0 radical (unpaired) electrons. The van der Waals surface area contributed by atoms with Crippen LogP contribution in [-0.2, 0) is 0 Å². The Bertz CT molecular complexity index is 925. The molecule has 1 N–H and O–H groups in total. The molecule has 0 bridgehead atoms. The first-order chi connectivity index (χ1) is 15.0. The molecule has 0 aromatic heterocycles. The first kappa shape index (κ1) is 22.4. The maximum Gasteiger partial charge on any atom is 0.327 e. The van der Waals surface area contributed by atoms with Crippen molar-refractivity contribution in [3.63, 3.8) is 0 Å². The van der Waals surface area contributed by atoms with Crippen molar-refractivity contribution in [1.29, 1.82) is 0 Å². The van der Waals surface area contributed by atoms with Gasteiger partial charge in [0.25, 0.3) is 5.91 Å². The van der Waals surface area contributed by atoms with Crippen LogP contribution in [0.5, 0.6) is 17.2 Å². The lowest BCUT2D eigenvalue weighted by Gasteiger charge is -2.31. The number of nitro benzene ring substituents is 1.